The molecule has 1 aliphatic heterocycles. The Labute approximate surface area is 180 Å². The zero-order valence-corrected chi connectivity index (χ0v) is 16.8. The Kier molecular flexibility index (Phi) is 6.66. The highest BCUT2D eigenvalue weighted by Crippen LogP contribution is 2.37. The van der Waals surface area contributed by atoms with E-state index in [4.69, 9.17) is 5.41 Å². The van der Waals surface area contributed by atoms with Gasteiger partial charge in [0, 0.05) is 25.7 Å². The highest BCUT2D eigenvalue weighted by atomic mass is 32.1. The molecule has 172 valence electrons. The molecule has 0 aliphatic carbocycles. The van der Waals surface area contributed by atoms with Gasteiger partial charge in [-0.2, -0.15) is 18.3 Å². The number of amides is 1. The molecule has 2 aromatic rings. The van der Waals surface area contributed by atoms with Gasteiger partial charge in [-0.25, -0.2) is 13.2 Å². The monoisotopic (exact) mass is 479 g/mol. The second-order valence-corrected chi connectivity index (χ2v) is 7.54. The van der Waals surface area contributed by atoms with Crippen molar-refractivity contribution >= 4 is 40.5 Å². The number of nitrogens with zero attached hydrogens (tertiary/aromatic N) is 4. The van der Waals surface area contributed by atoms with E-state index in [-0.39, 0.29) is 34.3 Å². The summed E-state index contributed by atoms with van der Waals surface area (Å²) in [7, 11) is 0. The Balaban J connectivity index is 1.81. The van der Waals surface area contributed by atoms with E-state index in [0.717, 1.165) is 29.5 Å². The van der Waals surface area contributed by atoms with Gasteiger partial charge in [0.2, 0.25) is 10.1 Å². The molecule has 8 nitrogen and oxygen atoms in total. The fourth-order valence-corrected chi connectivity index (χ4v) is 3.62. The molecule has 32 heavy (non-hydrogen) atoms. The zero-order chi connectivity index (χ0) is 23.5. The second-order valence-electron chi connectivity index (χ2n) is 6.56. The third-order valence-electron chi connectivity index (χ3n) is 4.47. The van der Waals surface area contributed by atoms with Crippen LogP contribution in [0.2, 0.25) is 0 Å². The summed E-state index contributed by atoms with van der Waals surface area (Å²) in [6, 6.07) is 1.34. The van der Waals surface area contributed by atoms with Gasteiger partial charge in [-0.15, -0.1) is 10.2 Å². The van der Waals surface area contributed by atoms with E-state index in [2.05, 4.69) is 26.0 Å². The van der Waals surface area contributed by atoms with Crippen molar-refractivity contribution in [2.75, 3.05) is 23.8 Å². The maximum Gasteiger partial charge on any atom is 0.445 e. The van der Waals surface area contributed by atoms with Crippen LogP contribution in [0.15, 0.2) is 23.3 Å². The van der Waals surface area contributed by atoms with Crippen LogP contribution >= 0.6 is 11.3 Å². The van der Waals surface area contributed by atoms with Crippen LogP contribution in [0, 0.1) is 11.2 Å². The number of hydrogen-bond donors (Lipinski definition) is 3. The summed E-state index contributed by atoms with van der Waals surface area (Å²) in [5.74, 6) is -5.06. The molecule has 1 amide bonds. The maximum atomic E-state index is 14.5. The van der Waals surface area contributed by atoms with E-state index in [1.165, 1.54) is 6.07 Å². The molecule has 1 unspecified atom stereocenters. The molecule has 3 N–H and O–H groups in total. The Morgan fingerprint density at radius 1 is 1.38 bits per heavy atom. The fraction of sp³-hybridized carbons (Fsp3) is 0.353. The first-order valence-corrected chi connectivity index (χ1v) is 9.75. The van der Waals surface area contributed by atoms with Crippen molar-refractivity contribution in [2.24, 2.45) is 5.10 Å². The average molecular weight is 479 g/mol. The number of nitrogens with one attached hydrogen (secondary N) is 3. The van der Waals surface area contributed by atoms with Crippen molar-refractivity contribution in [3.63, 3.8) is 0 Å². The summed E-state index contributed by atoms with van der Waals surface area (Å²) < 4.78 is 80.7. The van der Waals surface area contributed by atoms with Gasteiger partial charge in [-0.3, -0.25) is 10.2 Å². The molecule has 0 saturated carbocycles. The third kappa shape index (κ3) is 5.15. The number of likely N-dealkylation sites (tertiary alicyclic amines) is 1. The predicted octanol–water partition coefficient (Wildman–Crippen LogP) is 3.71. The van der Waals surface area contributed by atoms with Crippen molar-refractivity contribution in [2.45, 2.75) is 24.6 Å². The summed E-state index contributed by atoms with van der Waals surface area (Å²) in [6.45, 7) is -0.961. The van der Waals surface area contributed by atoms with E-state index in [0.29, 0.717) is 0 Å². The quantitative estimate of drug-likeness (QED) is 0.319. The normalized spacial score (nSPS) is 18.2. The van der Waals surface area contributed by atoms with Crippen LogP contribution in [-0.4, -0.2) is 58.5 Å². The molecule has 1 aliphatic rings. The van der Waals surface area contributed by atoms with Gasteiger partial charge in [0.1, 0.15) is 11.9 Å². The molecule has 1 saturated heterocycles. The number of rotatable bonds is 7. The molecule has 1 aromatic carbocycles. The lowest BCUT2D eigenvalue weighted by atomic mass is 10.1. The van der Waals surface area contributed by atoms with Crippen molar-refractivity contribution in [3.05, 3.63) is 34.6 Å². The molecule has 2 heterocycles. The number of carbonyl (C=O) groups excluding carboxylic acids is 1. The lowest BCUT2D eigenvalue weighted by Gasteiger charge is -2.28. The standard InChI is InChI=1S/C17H15F6N7OS/c18-9-1-2-11(27-26-5-4-24)10(7-9)13(31)30-6-3-16(19,20)12(30)8-25-15-29-28-14(32-15)17(21,22)23/h1-2,4-5,7,12,24,27H,3,6,8H2,(H,25,29)/b24-4?,26-5-. The Hall–Kier alpha value is -3.23. The van der Waals surface area contributed by atoms with E-state index in [1.807, 2.05) is 0 Å². The Bertz CT molecular complexity index is 1030. The summed E-state index contributed by atoms with van der Waals surface area (Å²) in [6.07, 6.45) is -3.51. The van der Waals surface area contributed by atoms with Gasteiger partial charge in [0.05, 0.1) is 17.5 Å². The minimum atomic E-state index is -4.72. The van der Waals surface area contributed by atoms with Crippen LogP contribution in [0.1, 0.15) is 21.8 Å². The number of hydrazone groups is 1. The molecule has 0 radical (unpaired) electrons. The largest absolute Gasteiger partial charge is 0.445 e. The molecule has 1 aromatic heterocycles. The molecule has 3 rings (SSSR count). The van der Waals surface area contributed by atoms with E-state index >= 15 is 0 Å². The number of benzene rings is 1. The van der Waals surface area contributed by atoms with Gasteiger partial charge < -0.3 is 15.6 Å². The van der Waals surface area contributed by atoms with Crippen molar-refractivity contribution < 1.29 is 31.1 Å². The van der Waals surface area contributed by atoms with Crippen molar-refractivity contribution in [1.29, 1.82) is 5.41 Å². The van der Waals surface area contributed by atoms with Gasteiger partial charge in [-0.1, -0.05) is 11.3 Å². The predicted molar refractivity (Wildman–Crippen MR) is 105 cm³/mol. The Morgan fingerprint density at radius 2 is 2.12 bits per heavy atom. The number of halogens is 6. The number of alkyl halides is 5. The SMILES string of the molecule is N=C/C=N\Nc1ccc(F)cc1C(=O)N1CCC(F)(F)C1CNc1nnc(C(F)(F)F)s1. The topological polar surface area (TPSA) is 106 Å². The van der Waals surface area contributed by atoms with E-state index < -0.39 is 47.8 Å². The van der Waals surface area contributed by atoms with Gasteiger partial charge in [0.25, 0.3) is 11.8 Å². The summed E-state index contributed by atoms with van der Waals surface area (Å²) in [5.41, 5.74) is 2.18. The summed E-state index contributed by atoms with van der Waals surface area (Å²) >= 11 is 0.145. The molecule has 1 fully saturated rings. The number of hydrogen-bond acceptors (Lipinski definition) is 8. The smallest absolute Gasteiger partial charge is 0.358 e. The van der Waals surface area contributed by atoms with Crippen LogP contribution in [-0.2, 0) is 6.18 Å². The lowest BCUT2D eigenvalue weighted by molar-refractivity contribution is -0.138. The van der Waals surface area contributed by atoms with Crippen LogP contribution in [0.25, 0.3) is 0 Å². The minimum absolute atomic E-state index is 0.0235. The first-order valence-electron chi connectivity index (χ1n) is 8.94. The van der Waals surface area contributed by atoms with Gasteiger partial charge in [-0.05, 0) is 18.2 Å². The van der Waals surface area contributed by atoms with Crippen molar-refractivity contribution in [1.82, 2.24) is 15.1 Å². The van der Waals surface area contributed by atoms with Crippen LogP contribution in [0.3, 0.4) is 0 Å². The van der Waals surface area contributed by atoms with Gasteiger partial charge >= 0.3 is 6.18 Å². The van der Waals surface area contributed by atoms with E-state index in [9.17, 15) is 31.1 Å². The molecular weight excluding hydrogens is 464 g/mol. The zero-order valence-electron chi connectivity index (χ0n) is 16.0. The highest BCUT2D eigenvalue weighted by molar-refractivity contribution is 7.15. The molecular formula is C17H15F6N7OS. The maximum absolute atomic E-state index is 14.5. The molecule has 15 heteroatoms. The highest BCUT2D eigenvalue weighted by Gasteiger charge is 2.51. The lowest BCUT2D eigenvalue weighted by Crippen LogP contribution is -2.47. The number of anilines is 2. The third-order valence-corrected chi connectivity index (χ3v) is 5.40. The second kappa shape index (κ2) is 9.10. The molecule has 0 bridgehead atoms. The number of aromatic nitrogens is 2. The van der Waals surface area contributed by atoms with E-state index in [1.54, 1.807) is 0 Å². The summed E-state index contributed by atoms with van der Waals surface area (Å²) in [5, 5.41) is 17.6. The minimum Gasteiger partial charge on any atom is -0.358 e. The molecule has 0 spiro atoms. The van der Waals surface area contributed by atoms with Crippen molar-refractivity contribution in [3.8, 4) is 0 Å². The number of carbonyl (C=O) groups is 1. The first-order chi connectivity index (χ1) is 15.0. The average Bonchev–Trinajstić information content (AvgIpc) is 3.31. The van der Waals surface area contributed by atoms with Crippen LogP contribution < -0.4 is 10.7 Å². The Morgan fingerprint density at radius 3 is 2.78 bits per heavy atom. The van der Waals surface area contributed by atoms with Gasteiger partial charge in [0.15, 0.2) is 0 Å². The summed E-state index contributed by atoms with van der Waals surface area (Å²) in [4.78, 5) is 13.8. The molecule has 1 atom stereocenters. The van der Waals surface area contributed by atoms with Crippen LogP contribution in [0.5, 0.6) is 0 Å². The van der Waals surface area contributed by atoms with Crippen LogP contribution in [0.4, 0.5) is 37.2 Å². The fourth-order valence-electron chi connectivity index (χ4n) is 3.01. The first kappa shape index (κ1) is 23.4.